The van der Waals surface area contributed by atoms with E-state index in [9.17, 15) is 14.9 Å². The molecule has 0 saturated heterocycles. The molecule has 0 saturated carbocycles. The third-order valence-electron chi connectivity index (χ3n) is 2.95. The predicted octanol–water partition coefficient (Wildman–Crippen LogP) is 2.06. The number of aromatic nitrogens is 1. The Labute approximate surface area is 115 Å². The van der Waals surface area contributed by atoms with Crippen LogP contribution in [-0.4, -0.2) is 16.5 Å². The van der Waals surface area contributed by atoms with Crippen LogP contribution in [0.15, 0.2) is 41.2 Å². The zero-order chi connectivity index (χ0) is 14.5. The molecule has 0 radical (unpaired) electrons. The number of aromatic amines is 1. The lowest BCUT2D eigenvalue weighted by atomic mass is 10.1. The first-order chi connectivity index (χ1) is 9.61. The van der Waals surface area contributed by atoms with Crippen LogP contribution in [0.4, 0.5) is 5.69 Å². The van der Waals surface area contributed by atoms with Gasteiger partial charge < -0.3 is 10.3 Å². The second-order valence-corrected chi connectivity index (χ2v) is 4.31. The third kappa shape index (κ3) is 3.10. The number of H-pyrrole nitrogens is 1. The molecule has 0 bridgehead atoms. The van der Waals surface area contributed by atoms with E-state index in [2.05, 4.69) is 10.3 Å². The molecule has 0 unspecified atom stereocenters. The molecule has 2 rings (SSSR count). The summed E-state index contributed by atoms with van der Waals surface area (Å²) in [5, 5.41) is 13.7. The van der Waals surface area contributed by atoms with Gasteiger partial charge in [-0.1, -0.05) is 13.0 Å². The van der Waals surface area contributed by atoms with E-state index in [0.29, 0.717) is 17.8 Å². The van der Waals surface area contributed by atoms with Crippen LogP contribution in [0.25, 0.3) is 11.3 Å². The van der Waals surface area contributed by atoms with Gasteiger partial charge in [-0.05, 0) is 30.3 Å². The predicted molar refractivity (Wildman–Crippen MR) is 76.5 cm³/mol. The van der Waals surface area contributed by atoms with Gasteiger partial charge in [-0.25, -0.2) is 0 Å². The fourth-order valence-corrected chi connectivity index (χ4v) is 1.83. The normalized spacial score (nSPS) is 10.4. The Balaban J connectivity index is 2.27. The molecule has 0 spiro atoms. The molecule has 0 fully saturated rings. The van der Waals surface area contributed by atoms with Crippen LogP contribution < -0.4 is 10.9 Å². The molecule has 2 aromatic rings. The van der Waals surface area contributed by atoms with Gasteiger partial charge in [0, 0.05) is 29.9 Å². The topological polar surface area (TPSA) is 88.0 Å². The molecule has 0 aliphatic heterocycles. The Morgan fingerprint density at radius 2 is 1.90 bits per heavy atom. The van der Waals surface area contributed by atoms with Crippen LogP contribution >= 0.6 is 0 Å². The third-order valence-corrected chi connectivity index (χ3v) is 2.95. The summed E-state index contributed by atoms with van der Waals surface area (Å²) in [7, 11) is 0. The average molecular weight is 273 g/mol. The highest BCUT2D eigenvalue weighted by molar-refractivity contribution is 5.60. The molecule has 20 heavy (non-hydrogen) atoms. The van der Waals surface area contributed by atoms with Crippen LogP contribution in [0.3, 0.4) is 0 Å². The summed E-state index contributed by atoms with van der Waals surface area (Å²) in [6.07, 6.45) is 0. The molecule has 104 valence electrons. The number of nitrogens with zero attached hydrogens (tertiary/aromatic N) is 1. The summed E-state index contributed by atoms with van der Waals surface area (Å²) in [5.41, 5.74) is 1.92. The lowest BCUT2D eigenvalue weighted by molar-refractivity contribution is -0.384. The molecular formula is C14H15N3O3. The largest absolute Gasteiger partial charge is 0.322 e. The number of hydrogen-bond donors (Lipinski definition) is 2. The summed E-state index contributed by atoms with van der Waals surface area (Å²) >= 11 is 0. The summed E-state index contributed by atoms with van der Waals surface area (Å²) in [5.74, 6) is 0. The van der Waals surface area contributed by atoms with Crippen molar-refractivity contribution in [1.29, 1.82) is 0 Å². The first-order valence-electron chi connectivity index (χ1n) is 6.29. The summed E-state index contributed by atoms with van der Waals surface area (Å²) in [6.45, 7) is 3.29. The number of non-ortho nitro benzene ring substituents is 1. The zero-order valence-electron chi connectivity index (χ0n) is 11.1. The molecule has 6 heteroatoms. The minimum Gasteiger partial charge on any atom is -0.322 e. The number of nitro benzene ring substituents is 1. The minimum absolute atomic E-state index is 0.0277. The SMILES string of the molecule is CCNCc1ccc(-c2ccc([N+](=O)[O-])cc2)[nH]c1=O. The summed E-state index contributed by atoms with van der Waals surface area (Å²) in [4.78, 5) is 24.8. The van der Waals surface area contributed by atoms with Crippen molar-refractivity contribution in [2.75, 3.05) is 6.54 Å². The van der Waals surface area contributed by atoms with E-state index in [0.717, 1.165) is 12.1 Å². The maximum Gasteiger partial charge on any atom is 0.269 e. The van der Waals surface area contributed by atoms with Crippen molar-refractivity contribution in [3.63, 3.8) is 0 Å². The molecule has 0 amide bonds. The van der Waals surface area contributed by atoms with Crippen molar-refractivity contribution in [2.24, 2.45) is 0 Å². The second kappa shape index (κ2) is 6.12. The quantitative estimate of drug-likeness (QED) is 0.644. The Kier molecular flexibility index (Phi) is 4.27. The van der Waals surface area contributed by atoms with Gasteiger partial charge in [-0.3, -0.25) is 14.9 Å². The minimum atomic E-state index is -0.452. The molecule has 0 atom stereocenters. The maximum atomic E-state index is 11.9. The first-order valence-corrected chi connectivity index (χ1v) is 6.29. The standard InChI is InChI=1S/C14H15N3O3/c1-2-15-9-11-5-8-13(16-14(11)18)10-3-6-12(7-4-10)17(19)20/h3-8,15H,2,9H2,1H3,(H,16,18). The monoisotopic (exact) mass is 273 g/mol. The number of nitro groups is 1. The van der Waals surface area contributed by atoms with E-state index in [4.69, 9.17) is 0 Å². The van der Waals surface area contributed by atoms with Gasteiger partial charge in [0.15, 0.2) is 0 Å². The van der Waals surface area contributed by atoms with Crippen molar-refractivity contribution in [3.8, 4) is 11.3 Å². The molecule has 1 aromatic heterocycles. The molecule has 0 aliphatic rings. The van der Waals surface area contributed by atoms with Crippen LogP contribution in [0, 0.1) is 10.1 Å². The van der Waals surface area contributed by atoms with E-state index in [1.807, 2.05) is 6.92 Å². The van der Waals surface area contributed by atoms with Crippen LogP contribution in [0.5, 0.6) is 0 Å². The van der Waals surface area contributed by atoms with E-state index in [1.54, 1.807) is 24.3 Å². The van der Waals surface area contributed by atoms with Crippen LogP contribution in [-0.2, 0) is 6.54 Å². The van der Waals surface area contributed by atoms with Gasteiger partial charge in [-0.2, -0.15) is 0 Å². The highest BCUT2D eigenvalue weighted by atomic mass is 16.6. The van der Waals surface area contributed by atoms with Gasteiger partial charge in [0.05, 0.1) is 4.92 Å². The van der Waals surface area contributed by atoms with Gasteiger partial charge in [0.25, 0.3) is 11.2 Å². The molecule has 1 heterocycles. The van der Waals surface area contributed by atoms with Crippen molar-refractivity contribution >= 4 is 5.69 Å². The molecule has 1 aromatic carbocycles. The number of nitrogens with one attached hydrogen (secondary N) is 2. The second-order valence-electron chi connectivity index (χ2n) is 4.31. The van der Waals surface area contributed by atoms with Gasteiger partial charge >= 0.3 is 0 Å². The van der Waals surface area contributed by atoms with E-state index < -0.39 is 4.92 Å². The van der Waals surface area contributed by atoms with Crippen molar-refractivity contribution in [2.45, 2.75) is 13.5 Å². The van der Waals surface area contributed by atoms with Crippen molar-refractivity contribution < 1.29 is 4.92 Å². The van der Waals surface area contributed by atoms with Crippen LogP contribution in [0.1, 0.15) is 12.5 Å². The number of rotatable bonds is 5. The maximum absolute atomic E-state index is 11.9. The number of pyridine rings is 1. The number of hydrogen-bond acceptors (Lipinski definition) is 4. The number of benzene rings is 1. The average Bonchev–Trinajstić information content (AvgIpc) is 2.46. The Bertz CT molecular complexity index is 662. The van der Waals surface area contributed by atoms with Crippen LogP contribution in [0.2, 0.25) is 0 Å². The first kappa shape index (κ1) is 14.0. The van der Waals surface area contributed by atoms with E-state index >= 15 is 0 Å². The van der Waals surface area contributed by atoms with Crippen molar-refractivity contribution in [1.82, 2.24) is 10.3 Å². The van der Waals surface area contributed by atoms with Gasteiger partial charge in [-0.15, -0.1) is 0 Å². The van der Waals surface area contributed by atoms with Crippen molar-refractivity contribution in [3.05, 3.63) is 62.4 Å². The Morgan fingerprint density at radius 1 is 1.20 bits per heavy atom. The van der Waals surface area contributed by atoms with E-state index in [-0.39, 0.29) is 11.2 Å². The molecule has 6 nitrogen and oxygen atoms in total. The highest BCUT2D eigenvalue weighted by Crippen LogP contribution is 2.19. The zero-order valence-corrected chi connectivity index (χ0v) is 11.1. The molecule has 2 N–H and O–H groups in total. The fourth-order valence-electron chi connectivity index (χ4n) is 1.83. The lowest BCUT2D eigenvalue weighted by Crippen LogP contribution is -2.20. The fraction of sp³-hybridized carbons (Fsp3) is 0.214. The van der Waals surface area contributed by atoms with Gasteiger partial charge in [0.2, 0.25) is 0 Å². The highest BCUT2D eigenvalue weighted by Gasteiger charge is 2.06. The van der Waals surface area contributed by atoms with E-state index in [1.165, 1.54) is 12.1 Å². The Morgan fingerprint density at radius 3 is 2.45 bits per heavy atom. The summed E-state index contributed by atoms with van der Waals surface area (Å²) < 4.78 is 0. The Hall–Kier alpha value is -2.47. The van der Waals surface area contributed by atoms with Gasteiger partial charge in [0.1, 0.15) is 0 Å². The lowest BCUT2D eigenvalue weighted by Gasteiger charge is -2.04. The molecule has 0 aliphatic carbocycles. The smallest absolute Gasteiger partial charge is 0.269 e. The summed E-state index contributed by atoms with van der Waals surface area (Å²) in [6, 6.07) is 9.63. The molecular weight excluding hydrogens is 258 g/mol.